The quantitative estimate of drug-likeness (QED) is 0.455. The molecule has 0 saturated carbocycles. The molecule has 0 saturated heterocycles. The molecule has 114 valence electrons. The molecule has 1 aromatic heterocycles. The molecule has 0 aliphatic carbocycles. The van der Waals surface area contributed by atoms with Gasteiger partial charge in [0.25, 0.3) is 0 Å². The number of ether oxygens (including phenoxy) is 1. The van der Waals surface area contributed by atoms with E-state index in [-0.39, 0.29) is 12.5 Å². The highest BCUT2D eigenvalue weighted by atomic mass is 32.2. The van der Waals surface area contributed by atoms with E-state index in [9.17, 15) is 13.6 Å². The van der Waals surface area contributed by atoms with Crippen LogP contribution < -0.4 is 5.06 Å². The van der Waals surface area contributed by atoms with Crippen molar-refractivity contribution in [2.75, 3.05) is 18.7 Å². The fourth-order valence-corrected chi connectivity index (χ4v) is 2.35. The van der Waals surface area contributed by atoms with E-state index in [1.165, 1.54) is 7.05 Å². The minimum atomic E-state index is -2.67. The van der Waals surface area contributed by atoms with Gasteiger partial charge in [0.05, 0.1) is 17.8 Å². The first-order chi connectivity index (χ1) is 10.0. The van der Waals surface area contributed by atoms with Crippen molar-refractivity contribution in [3.8, 4) is 0 Å². The van der Waals surface area contributed by atoms with Crippen molar-refractivity contribution in [3.05, 3.63) is 30.5 Å². The number of nitrogens with zero attached hydrogens (tertiary/aromatic N) is 2. The van der Waals surface area contributed by atoms with E-state index >= 15 is 0 Å². The molecule has 0 bridgehead atoms. The summed E-state index contributed by atoms with van der Waals surface area (Å²) in [5.74, 6) is -0.360. The molecule has 0 aliphatic heterocycles. The third kappa shape index (κ3) is 3.60. The van der Waals surface area contributed by atoms with Crippen molar-refractivity contribution >= 4 is 33.9 Å². The van der Waals surface area contributed by atoms with Gasteiger partial charge in [0.15, 0.2) is 0 Å². The molecule has 1 aromatic carbocycles. The van der Waals surface area contributed by atoms with Gasteiger partial charge in [-0.1, -0.05) is 18.2 Å². The molecule has 1 heterocycles. The Morgan fingerprint density at radius 2 is 2.14 bits per heavy atom. The number of benzene rings is 1. The molecular formula is C13H15N2O5S-. The number of hydrogen-bond acceptors (Lipinski definition) is 6. The zero-order chi connectivity index (χ0) is 15.4. The van der Waals surface area contributed by atoms with E-state index in [2.05, 4.69) is 4.28 Å². The molecule has 1 atom stereocenters. The second-order valence-electron chi connectivity index (χ2n) is 4.24. The van der Waals surface area contributed by atoms with Crippen molar-refractivity contribution in [1.82, 2.24) is 4.57 Å². The van der Waals surface area contributed by atoms with Crippen LogP contribution in [-0.2, 0) is 31.7 Å². The zero-order valence-electron chi connectivity index (χ0n) is 11.6. The Labute approximate surface area is 124 Å². The van der Waals surface area contributed by atoms with Crippen LogP contribution in [0.5, 0.6) is 0 Å². The summed E-state index contributed by atoms with van der Waals surface area (Å²) in [5, 5.41) is 1.90. The first-order valence-electron chi connectivity index (χ1n) is 6.28. The van der Waals surface area contributed by atoms with Gasteiger partial charge in [-0.25, -0.2) is 9.27 Å². The average Bonchev–Trinajstić information content (AvgIpc) is 2.77. The number of anilines is 1. The first-order valence-corrected chi connectivity index (χ1v) is 7.28. The lowest BCUT2D eigenvalue weighted by molar-refractivity contribution is -0.143. The Morgan fingerprint density at radius 1 is 1.43 bits per heavy atom. The Balaban J connectivity index is 2.38. The van der Waals surface area contributed by atoms with E-state index in [1.54, 1.807) is 17.7 Å². The fourth-order valence-electron chi connectivity index (χ4n) is 2.09. The average molecular weight is 311 g/mol. The van der Waals surface area contributed by atoms with Gasteiger partial charge in [0.1, 0.15) is 17.9 Å². The Morgan fingerprint density at radius 3 is 2.81 bits per heavy atom. The normalized spacial score (nSPS) is 12.3. The van der Waals surface area contributed by atoms with Crippen molar-refractivity contribution in [2.45, 2.75) is 13.5 Å². The largest absolute Gasteiger partial charge is 0.748 e. The molecule has 0 fully saturated rings. The molecule has 21 heavy (non-hydrogen) atoms. The van der Waals surface area contributed by atoms with Crippen molar-refractivity contribution in [3.63, 3.8) is 0 Å². The van der Waals surface area contributed by atoms with E-state index in [4.69, 9.17) is 4.74 Å². The number of carbonyl (C=O) groups is 1. The number of esters is 1. The maximum atomic E-state index is 11.6. The van der Waals surface area contributed by atoms with Gasteiger partial charge in [-0.3, -0.25) is 4.79 Å². The van der Waals surface area contributed by atoms with Crippen LogP contribution in [0.1, 0.15) is 6.92 Å². The van der Waals surface area contributed by atoms with Gasteiger partial charge in [0.2, 0.25) is 0 Å². The highest BCUT2D eigenvalue weighted by Gasteiger charge is 2.14. The molecule has 0 N–H and O–H groups in total. The number of fused-ring (bicyclic) bond motifs is 1. The van der Waals surface area contributed by atoms with E-state index in [1.807, 2.05) is 24.3 Å². The predicted molar refractivity (Wildman–Crippen MR) is 77.0 cm³/mol. The van der Waals surface area contributed by atoms with Crippen LogP contribution in [0.2, 0.25) is 0 Å². The summed E-state index contributed by atoms with van der Waals surface area (Å²) in [6.45, 7) is 2.09. The summed E-state index contributed by atoms with van der Waals surface area (Å²) in [7, 11) is 1.48. The van der Waals surface area contributed by atoms with Crippen LogP contribution in [0.25, 0.3) is 10.9 Å². The minimum absolute atomic E-state index is 0.0443. The molecule has 0 spiro atoms. The number of rotatable bonds is 6. The van der Waals surface area contributed by atoms with Gasteiger partial charge in [-0.15, -0.1) is 0 Å². The Kier molecular flexibility index (Phi) is 4.94. The molecule has 2 rings (SSSR count). The van der Waals surface area contributed by atoms with Crippen molar-refractivity contribution < 1.29 is 22.6 Å². The van der Waals surface area contributed by atoms with Crippen molar-refractivity contribution in [2.24, 2.45) is 0 Å². The smallest absolute Gasteiger partial charge is 0.325 e. The Hall–Kier alpha value is -1.90. The second kappa shape index (κ2) is 6.70. The lowest BCUT2D eigenvalue weighted by Gasteiger charge is -2.17. The van der Waals surface area contributed by atoms with Crippen LogP contribution in [0.15, 0.2) is 30.5 Å². The van der Waals surface area contributed by atoms with Crippen LogP contribution in [0.4, 0.5) is 5.69 Å². The number of hydroxylamine groups is 1. The van der Waals surface area contributed by atoms with Crippen LogP contribution in [-0.4, -0.2) is 33.0 Å². The third-order valence-electron chi connectivity index (χ3n) is 2.88. The van der Waals surface area contributed by atoms with E-state index in [0.29, 0.717) is 12.3 Å². The van der Waals surface area contributed by atoms with Gasteiger partial charge >= 0.3 is 5.97 Å². The predicted octanol–water partition coefficient (Wildman–Crippen LogP) is 1.37. The summed E-state index contributed by atoms with van der Waals surface area (Å²) in [6, 6.07) is 7.31. The fraction of sp³-hybridized carbons (Fsp3) is 0.308. The molecule has 0 aliphatic rings. The van der Waals surface area contributed by atoms with Crippen LogP contribution in [0.3, 0.4) is 0 Å². The molecule has 1 unspecified atom stereocenters. The third-order valence-corrected chi connectivity index (χ3v) is 3.23. The second-order valence-corrected chi connectivity index (χ2v) is 4.80. The van der Waals surface area contributed by atoms with Gasteiger partial charge in [-0.2, -0.15) is 4.28 Å². The zero-order valence-corrected chi connectivity index (χ0v) is 12.5. The minimum Gasteiger partial charge on any atom is -0.748 e. The van der Waals surface area contributed by atoms with Gasteiger partial charge in [-0.05, 0) is 13.0 Å². The molecule has 0 radical (unpaired) electrons. The molecular weight excluding hydrogens is 296 g/mol. The first kappa shape index (κ1) is 15.5. The standard InChI is InChI=1S/C13H16N2O5S/c1-3-19-13(16)9-15-8-12(14(2)20-21(17)18)10-6-4-5-7-11(10)15/h4-8H,3,9H2,1-2H3,(H,17,18)/p-1. The van der Waals surface area contributed by atoms with Crippen LogP contribution in [0, 0.1) is 0 Å². The molecule has 2 aromatic rings. The highest BCUT2D eigenvalue weighted by Crippen LogP contribution is 2.28. The maximum absolute atomic E-state index is 11.6. The number of para-hydroxylation sites is 1. The SMILES string of the molecule is CCOC(=O)Cn1cc(N(C)OS(=O)[O-])c2ccccc21. The summed E-state index contributed by atoms with van der Waals surface area (Å²) in [4.78, 5) is 11.6. The lowest BCUT2D eigenvalue weighted by Crippen LogP contribution is -2.19. The molecule has 0 amide bonds. The maximum Gasteiger partial charge on any atom is 0.325 e. The number of hydrogen-bond donors (Lipinski definition) is 0. The Bertz CT molecular complexity index is 670. The van der Waals surface area contributed by atoms with E-state index in [0.717, 1.165) is 16.0 Å². The topological polar surface area (TPSA) is 83.8 Å². The lowest BCUT2D eigenvalue weighted by atomic mass is 10.2. The van der Waals surface area contributed by atoms with E-state index < -0.39 is 11.4 Å². The number of carbonyl (C=O) groups excluding carboxylic acids is 1. The summed E-state index contributed by atoms with van der Waals surface area (Å²) >= 11 is -2.67. The van der Waals surface area contributed by atoms with Gasteiger partial charge in [0, 0.05) is 18.6 Å². The van der Waals surface area contributed by atoms with Crippen molar-refractivity contribution in [1.29, 1.82) is 0 Å². The summed E-state index contributed by atoms with van der Waals surface area (Å²) in [6.07, 6.45) is 1.65. The summed E-state index contributed by atoms with van der Waals surface area (Å²) < 4.78 is 32.5. The molecule has 7 nitrogen and oxygen atoms in total. The molecule has 8 heteroatoms. The van der Waals surface area contributed by atoms with Gasteiger partial charge < -0.3 is 13.9 Å². The number of aromatic nitrogens is 1. The monoisotopic (exact) mass is 311 g/mol. The highest BCUT2D eigenvalue weighted by molar-refractivity contribution is 7.74. The van der Waals surface area contributed by atoms with Crippen LogP contribution >= 0.6 is 0 Å². The summed E-state index contributed by atoms with van der Waals surface area (Å²) in [5.41, 5.74) is 1.33.